The number of hydroxylamine groups is 3. The van der Waals surface area contributed by atoms with Crippen molar-refractivity contribution in [2.24, 2.45) is 0 Å². The SMILES string of the molecule is CCCCCCCCCC[N+](C)(C)[O-].O. The van der Waals surface area contributed by atoms with Gasteiger partial charge in [-0.15, -0.1) is 0 Å². The van der Waals surface area contributed by atoms with Crippen LogP contribution < -0.4 is 0 Å². The molecule has 0 aliphatic rings. The molecule has 15 heavy (non-hydrogen) atoms. The number of nitrogens with zero attached hydrogens (tertiary/aromatic N) is 1. The third kappa shape index (κ3) is 16.5. The van der Waals surface area contributed by atoms with Crippen LogP contribution in [0.15, 0.2) is 0 Å². The predicted octanol–water partition coefficient (Wildman–Crippen LogP) is 2.88. The van der Waals surface area contributed by atoms with Crippen LogP contribution in [-0.2, 0) is 0 Å². The molecule has 0 saturated carbocycles. The van der Waals surface area contributed by atoms with E-state index in [1.807, 2.05) is 0 Å². The summed E-state index contributed by atoms with van der Waals surface area (Å²) in [6.45, 7) is 3.02. The monoisotopic (exact) mass is 219 g/mol. The lowest BCUT2D eigenvalue weighted by molar-refractivity contribution is -0.840. The molecule has 3 heteroatoms. The van der Waals surface area contributed by atoms with Gasteiger partial charge in [0.05, 0.1) is 20.6 Å². The minimum atomic E-state index is -0.129. The van der Waals surface area contributed by atoms with E-state index in [-0.39, 0.29) is 10.1 Å². The summed E-state index contributed by atoms with van der Waals surface area (Å²) in [6, 6.07) is 0. The van der Waals surface area contributed by atoms with Gasteiger partial charge in [0.25, 0.3) is 0 Å². The summed E-state index contributed by atoms with van der Waals surface area (Å²) >= 11 is 0. The van der Waals surface area contributed by atoms with Crippen LogP contribution in [0.3, 0.4) is 0 Å². The first kappa shape index (κ1) is 17.3. The van der Waals surface area contributed by atoms with Gasteiger partial charge in [-0.3, -0.25) is 0 Å². The van der Waals surface area contributed by atoms with Crippen molar-refractivity contribution in [1.29, 1.82) is 0 Å². The van der Waals surface area contributed by atoms with Crippen LogP contribution in [0, 0.1) is 5.21 Å². The molecule has 0 heterocycles. The molecule has 0 unspecified atom stereocenters. The first-order valence-corrected chi connectivity index (χ1v) is 6.10. The Kier molecular flexibility index (Phi) is 12.0. The molecule has 0 saturated heterocycles. The number of hydrogen-bond donors (Lipinski definition) is 0. The summed E-state index contributed by atoms with van der Waals surface area (Å²) < 4.78 is -0.129. The van der Waals surface area contributed by atoms with E-state index in [2.05, 4.69) is 6.92 Å². The Bertz CT molecular complexity index is 121. The highest BCUT2D eigenvalue weighted by atomic mass is 16.5. The third-order valence-electron chi connectivity index (χ3n) is 2.55. The smallest absolute Gasteiger partial charge is 0.0779 e. The molecule has 0 aromatic carbocycles. The molecule has 0 aliphatic carbocycles. The van der Waals surface area contributed by atoms with Gasteiger partial charge in [0.1, 0.15) is 0 Å². The van der Waals surface area contributed by atoms with E-state index < -0.39 is 0 Å². The van der Waals surface area contributed by atoms with Crippen molar-refractivity contribution >= 4 is 0 Å². The Morgan fingerprint density at radius 2 is 1.20 bits per heavy atom. The first-order chi connectivity index (χ1) is 6.56. The van der Waals surface area contributed by atoms with Gasteiger partial charge in [-0.1, -0.05) is 45.4 Å². The molecule has 0 amide bonds. The molecule has 0 fully saturated rings. The fourth-order valence-corrected chi connectivity index (χ4v) is 1.63. The zero-order valence-electron chi connectivity index (χ0n) is 10.7. The highest BCUT2D eigenvalue weighted by molar-refractivity contribution is 4.46. The molecular formula is C12H29NO2. The van der Waals surface area contributed by atoms with E-state index in [1.165, 1.54) is 44.9 Å². The van der Waals surface area contributed by atoms with Gasteiger partial charge in [-0.25, -0.2) is 0 Å². The largest absolute Gasteiger partial charge is 0.633 e. The summed E-state index contributed by atoms with van der Waals surface area (Å²) in [6.07, 6.45) is 10.5. The van der Waals surface area contributed by atoms with E-state index in [0.29, 0.717) is 0 Å². The van der Waals surface area contributed by atoms with Crippen LogP contribution in [0.2, 0.25) is 0 Å². The standard InChI is InChI=1S/C12H27NO.H2O/c1-4-5-6-7-8-9-10-11-12-13(2,3)14;/h4-12H2,1-3H3;1H2. The molecule has 3 nitrogen and oxygen atoms in total. The molecule has 0 aromatic heterocycles. The van der Waals surface area contributed by atoms with Crippen molar-refractivity contribution in [2.75, 3.05) is 20.6 Å². The van der Waals surface area contributed by atoms with Gasteiger partial charge < -0.3 is 15.3 Å². The fourth-order valence-electron chi connectivity index (χ4n) is 1.63. The van der Waals surface area contributed by atoms with Crippen LogP contribution >= 0.6 is 0 Å². The maximum absolute atomic E-state index is 11.2. The van der Waals surface area contributed by atoms with E-state index in [0.717, 1.165) is 13.0 Å². The molecule has 0 atom stereocenters. The van der Waals surface area contributed by atoms with Gasteiger partial charge >= 0.3 is 0 Å². The van der Waals surface area contributed by atoms with Crippen molar-refractivity contribution in [3.05, 3.63) is 5.21 Å². The number of hydrogen-bond acceptors (Lipinski definition) is 1. The minimum absolute atomic E-state index is 0. The summed E-state index contributed by atoms with van der Waals surface area (Å²) in [7, 11) is 3.45. The number of rotatable bonds is 9. The Hall–Kier alpha value is -0.120. The fraction of sp³-hybridized carbons (Fsp3) is 1.00. The molecule has 94 valence electrons. The lowest BCUT2D eigenvalue weighted by atomic mass is 10.1. The molecule has 0 bridgehead atoms. The second-order valence-corrected chi connectivity index (χ2v) is 4.77. The Morgan fingerprint density at radius 3 is 1.60 bits per heavy atom. The molecule has 0 radical (unpaired) electrons. The minimum Gasteiger partial charge on any atom is -0.633 e. The summed E-state index contributed by atoms with van der Waals surface area (Å²) in [5.74, 6) is 0. The highest BCUT2D eigenvalue weighted by Gasteiger charge is 2.00. The normalized spacial score (nSPS) is 11.2. The third-order valence-corrected chi connectivity index (χ3v) is 2.55. The lowest BCUT2D eigenvalue weighted by Gasteiger charge is -2.33. The van der Waals surface area contributed by atoms with Crippen LogP contribution in [-0.4, -0.2) is 30.8 Å². The van der Waals surface area contributed by atoms with Crippen LogP contribution in [0.1, 0.15) is 58.3 Å². The van der Waals surface area contributed by atoms with Gasteiger partial charge in [-0.05, 0) is 12.8 Å². The Balaban J connectivity index is 0. The van der Waals surface area contributed by atoms with Crippen molar-refractivity contribution < 1.29 is 10.1 Å². The molecule has 0 rings (SSSR count). The van der Waals surface area contributed by atoms with Crippen molar-refractivity contribution in [2.45, 2.75) is 58.3 Å². The quantitative estimate of drug-likeness (QED) is 0.334. The Morgan fingerprint density at radius 1 is 0.800 bits per heavy atom. The van der Waals surface area contributed by atoms with E-state index in [9.17, 15) is 5.21 Å². The van der Waals surface area contributed by atoms with E-state index in [1.54, 1.807) is 14.1 Å². The molecule has 0 aromatic rings. The number of quaternary nitrogens is 1. The van der Waals surface area contributed by atoms with Gasteiger partial charge in [-0.2, -0.15) is 0 Å². The van der Waals surface area contributed by atoms with E-state index in [4.69, 9.17) is 0 Å². The van der Waals surface area contributed by atoms with Gasteiger partial charge in [0.15, 0.2) is 0 Å². The lowest BCUT2D eigenvalue weighted by Crippen LogP contribution is -2.32. The Labute approximate surface area is 95.0 Å². The second kappa shape index (κ2) is 10.4. The zero-order valence-corrected chi connectivity index (χ0v) is 10.7. The summed E-state index contributed by atoms with van der Waals surface area (Å²) in [5, 5.41) is 11.2. The summed E-state index contributed by atoms with van der Waals surface area (Å²) in [5.41, 5.74) is 0. The zero-order chi connectivity index (χ0) is 10.9. The maximum atomic E-state index is 11.2. The predicted molar refractivity (Wildman–Crippen MR) is 66.6 cm³/mol. The topological polar surface area (TPSA) is 54.6 Å². The highest BCUT2D eigenvalue weighted by Crippen LogP contribution is 2.09. The van der Waals surface area contributed by atoms with Crippen LogP contribution in [0.4, 0.5) is 0 Å². The van der Waals surface area contributed by atoms with Crippen molar-refractivity contribution in [1.82, 2.24) is 0 Å². The summed E-state index contributed by atoms with van der Waals surface area (Å²) in [4.78, 5) is 0. The first-order valence-electron chi connectivity index (χ1n) is 6.10. The molecule has 2 N–H and O–H groups in total. The van der Waals surface area contributed by atoms with E-state index >= 15 is 0 Å². The van der Waals surface area contributed by atoms with Crippen LogP contribution in [0.25, 0.3) is 0 Å². The molecule has 0 aliphatic heterocycles. The van der Waals surface area contributed by atoms with Gasteiger partial charge in [0, 0.05) is 0 Å². The van der Waals surface area contributed by atoms with Gasteiger partial charge in [0.2, 0.25) is 0 Å². The average molecular weight is 219 g/mol. The van der Waals surface area contributed by atoms with Crippen molar-refractivity contribution in [3.63, 3.8) is 0 Å². The maximum Gasteiger partial charge on any atom is 0.0779 e. The number of unbranched alkanes of at least 4 members (excludes halogenated alkanes) is 7. The molecule has 0 spiro atoms. The van der Waals surface area contributed by atoms with Crippen molar-refractivity contribution in [3.8, 4) is 0 Å². The second-order valence-electron chi connectivity index (χ2n) is 4.77. The average Bonchev–Trinajstić information content (AvgIpc) is 2.08. The molecular weight excluding hydrogens is 190 g/mol. The van der Waals surface area contributed by atoms with Crippen LogP contribution in [0.5, 0.6) is 0 Å².